The van der Waals surface area contributed by atoms with Crippen molar-refractivity contribution in [2.75, 3.05) is 26.2 Å². The van der Waals surface area contributed by atoms with Gasteiger partial charge in [0.15, 0.2) is 0 Å². The molecule has 0 aliphatic carbocycles. The molecule has 6 heteroatoms. The maximum absolute atomic E-state index is 12.5. The van der Waals surface area contributed by atoms with Gasteiger partial charge in [0, 0.05) is 12.7 Å². The molecule has 6 nitrogen and oxygen atoms in total. The SMILES string of the molecule is O=C(NC[C@H](c1ccccc1)N1CCCCC1)c1ccnn1CCO. The Balaban J connectivity index is 1.69. The third kappa shape index (κ3) is 4.46. The van der Waals surface area contributed by atoms with Gasteiger partial charge in [-0.1, -0.05) is 36.8 Å². The Morgan fingerprint density at radius 2 is 1.92 bits per heavy atom. The Hall–Kier alpha value is -2.18. The summed E-state index contributed by atoms with van der Waals surface area (Å²) in [4.78, 5) is 15.0. The zero-order valence-corrected chi connectivity index (χ0v) is 14.5. The molecule has 1 fully saturated rings. The van der Waals surface area contributed by atoms with Crippen LogP contribution in [0.2, 0.25) is 0 Å². The number of piperidine rings is 1. The lowest BCUT2D eigenvalue weighted by Crippen LogP contribution is -2.41. The van der Waals surface area contributed by atoms with E-state index in [-0.39, 0.29) is 18.6 Å². The highest BCUT2D eigenvalue weighted by Gasteiger charge is 2.23. The summed E-state index contributed by atoms with van der Waals surface area (Å²) in [5.74, 6) is -0.149. The first-order chi connectivity index (χ1) is 12.3. The first kappa shape index (κ1) is 17.6. The highest BCUT2D eigenvalue weighted by Crippen LogP contribution is 2.24. The van der Waals surface area contributed by atoms with Gasteiger partial charge >= 0.3 is 0 Å². The Kier molecular flexibility index (Phi) is 6.19. The molecule has 1 aliphatic rings. The Morgan fingerprint density at radius 1 is 1.16 bits per heavy atom. The Labute approximate surface area is 148 Å². The molecule has 2 heterocycles. The van der Waals surface area contributed by atoms with Gasteiger partial charge in [-0.3, -0.25) is 14.4 Å². The van der Waals surface area contributed by atoms with Crippen molar-refractivity contribution >= 4 is 5.91 Å². The van der Waals surface area contributed by atoms with Gasteiger partial charge in [-0.25, -0.2) is 0 Å². The monoisotopic (exact) mass is 342 g/mol. The molecule has 2 N–H and O–H groups in total. The Bertz CT molecular complexity index is 665. The number of rotatable bonds is 7. The van der Waals surface area contributed by atoms with E-state index in [1.165, 1.54) is 29.5 Å². The molecule has 0 saturated carbocycles. The van der Waals surface area contributed by atoms with Crippen molar-refractivity contribution in [1.82, 2.24) is 20.0 Å². The molecule has 1 amide bonds. The quantitative estimate of drug-likeness (QED) is 0.805. The maximum Gasteiger partial charge on any atom is 0.269 e. The van der Waals surface area contributed by atoms with E-state index in [1.54, 1.807) is 12.3 Å². The lowest BCUT2D eigenvalue weighted by molar-refractivity contribution is 0.0912. The first-order valence-electron chi connectivity index (χ1n) is 8.99. The lowest BCUT2D eigenvalue weighted by Gasteiger charge is -2.35. The van der Waals surface area contributed by atoms with E-state index < -0.39 is 0 Å². The van der Waals surface area contributed by atoms with E-state index in [4.69, 9.17) is 5.11 Å². The van der Waals surface area contributed by atoms with E-state index in [0.29, 0.717) is 18.8 Å². The number of nitrogens with zero attached hydrogens (tertiary/aromatic N) is 3. The van der Waals surface area contributed by atoms with Crippen LogP contribution in [0.1, 0.15) is 41.4 Å². The number of amides is 1. The summed E-state index contributed by atoms with van der Waals surface area (Å²) in [5.41, 5.74) is 1.72. The zero-order valence-electron chi connectivity index (χ0n) is 14.5. The minimum absolute atomic E-state index is 0.0393. The summed E-state index contributed by atoms with van der Waals surface area (Å²) in [6.45, 7) is 2.98. The van der Waals surface area contributed by atoms with Crippen LogP contribution in [0.5, 0.6) is 0 Å². The van der Waals surface area contributed by atoms with Crippen LogP contribution in [0.4, 0.5) is 0 Å². The molecule has 1 saturated heterocycles. The number of aliphatic hydroxyl groups is 1. The predicted molar refractivity (Wildman–Crippen MR) is 96.3 cm³/mol. The fraction of sp³-hybridized carbons (Fsp3) is 0.474. The molecular weight excluding hydrogens is 316 g/mol. The van der Waals surface area contributed by atoms with Gasteiger partial charge in [0.1, 0.15) is 5.69 Å². The average molecular weight is 342 g/mol. The number of likely N-dealkylation sites (tertiary alicyclic amines) is 1. The summed E-state index contributed by atoms with van der Waals surface area (Å²) < 4.78 is 1.54. The second kappa shape index (κ2) is 8.78. The standard InChI is InChI=1S/C19H26N4O2/c24-14-13-23-17(9-10-21-23)19(25)20-15-18(16-7-3-1-4-8-16)22-11-5-2-6-12-22/h1,3-4,7-10,18,24H,2,5-6,11-15H2,(H,20,25)/t18-/m1/s1. The molecule has 0 radical (unpaired) electrons. The van der Waals surface area contributed by atoms with E-state index >= 15 is 0 Å². The average Bonchev–Trinajstić information content (AvgIpc) is 3.12. The minimum atomic E-state index is -0.149. The van der Waals surface area contributed by atoms with Gasteiger partial charge < -0.3 is 10.4 Å². The second-order valence-corrected chi connectivity index (χ2v) is 6.40. The van der Waals surface area contributed by atoms with Gasteiger partial charge in [-0.05, 0) is 37.6 Å². The van der Waals surface area contributed by atoms with Crippen molar-refractivity contribution in [1.29, 1.82) is 0 Å². The molecule has 0 unspecified atom stereocenters. The molecular formula is C19H26N4O2. The number of carbonyl (C=O) groups excluding carboxylic acids is 1. The van der Waals surface area contributed by atoms with E-state index in [0.717, 1.165) is 13.1 Å². The van der Waals surface area contributed by atoms with Crippen molar-refractivity contribution in [3.63, 3.8) is 0 Å². The molecule has 1 aromatic heterocycles. The number of aliphatic hydroxyl groups excluding tert-OH is 1. The van der Waals surface area contributed by atoms with Crippen LogP contribution >= 0.6 is 0 Å². The third-order valence-corrected chi connectivity index (χ3v) is 4.73. The van der Waals surface area contributed by atoms with Gasteiger partial charge in [-0.2, -0.15) is 5.10 Å². The normalized spacial score (nSPS) is 16.5. The molecule has 1 aromatic carbocycles. The lowest BCUT2D eigenvalue weighted by atomic mass is 10.0. The molecule has 2 aromatic rings. The van der Waals surface area contributed by atoms with Crippen molar-refractivity contribution in [2.24, 2.45) is 0 Å². The largest absolute Gasteiger partial charge is 0.394 e. The van der Waals surface area contributed by atoms with Crippen molar-refractivity contribution in [3.05, 3.63) is 53.9 Å². The van der Waals surface area contributed by atoms with Crippen LogP contribution < -0.4 is 5.32 Å². The minimum Gasteiger partial charge on any atom is -0.394 e. The number of benzene rings is 1. The van der Waals surface area contributed by atoms with Gasteiger partial charge in [0.2, 0.25) is 0 Å². The number of aromatic nitrogens is 2. The highest BCUT2D eigenvalue weighted by atomic mass is 16.3. The molecule has 134 valence electrons. The first-order valence-corrected chi connectivity index (χ1v) is 8.99. The fourth-order valence-electron chi connectivity index (χ4n) is 3.44. The van der Waals surface area contributed by atoms with Gasteiger partial charge in [0.05, 0.1) is 19.2 Å². The van der Waals surface area contributed by atoms with Gasteiger partial charge in [-0.15, -0.1) is 0 Å². The molecule has 1 atom stereocenters. The van der Waals surface area contributed by atoms with Crippen molar-refractivity contribution in [3.8, 4) is 0 Å². The summed E-state index contributed by atoms with van der Waals surface area (Å²) in [5, 5.41) is 16.2. The molecule has 0 bridgehead atoms. The van der Waals surface area contributed by atoms with E-state index in [9.17, 15) is 4.79 Å². The molecule has 0 spiro atoms. The molecule has 1 aliphatic heterocycles. The van der Waals surface area contributed by atoms with Crippen molar-refractivity contribution in [2.45, 2.75) is 31.8 Å². The maximum atomic E-state index is 12.5. The van der Waals surface area contributed by atoms with Crippen LogP contribution in [-0.2, 0) is 6.54 Å². The van der Waals surface area contributed by atoms with Crippen LogP contribution in [-0.4, -0.2) is 51.9 Å². The summed E-state index contributed by atoms with van der Waals surface area (Å²) in [7, 11) is 0. The van der Waals surface area contributed by atoms with E-state index in [1.807, 2.05) is 18.2 Å². The van der Waals surface area contributed by atoms with Crippen LogP contribution in [0.3, 0.4) is 0 Å². The van der Waals surface area contributed by atoms with Crippen molar-refractivity contribution < 1.29 is 9.90 Å². The Morgan fingerprint density at radius 3 is 2.64 bits per heavy atom. The second-order valence-electron chi connectivity index (χ2n) is 6.40. The summed E-state index contributed by atoms with van der Waals surface area (Å²) in [6.07, 6.45) is 5.29. The molecule has 25 heavy (non-hydrogen) atoms. The smallest absolute Gasteiger partial charge is 0.269 e. The highest BCUT2D eigenvalue weighted by molar-refractivity contribution is 5.92. The van der Waals surface area contributed by atoms with Gasteiger partial charge in [0.25, 0.3) is 5.91 Å². The fourth-order valence-corrected chi connectivity index (χ4v) is 3.44. The summed E-state index contributed by atoms with van der Waals surface area (Å²) >= 11 is 0. The molecule has 3 rings (SSSR count). The number of nitrogens with one attached hydrogen (secondary N) is 1. The topological polar surface area (TPSA) is 70.4 Å². The van der Waals surface area contributed by atoms with Crippen LogP contribution in [0.25, 0.3) is 0 Å². The van der Waals surface area contributed by atoms with E-state index in [2.05, 4.69) is 27.4 Å². The van der Waals surface area contributed by atoms with Crippen LogP contribution in [0.15, 0.2) is 42.6 Å². The summed E-state index contributed by atoms with van der Waals surface area (Å²) in [6, 6.07) is 12.2. The number of hydrogen-bond acceptors (Lipinski definition) is 4. The number of carbonyl (C=O) groups is 1. The predicted octanol–water partition coefficient (Wildman–Crippen LogP) is 1.83. The third-order valence-electron chi connectivity index (χ3n) is 4.73. The zero-order chi connectivity index (χ0) is 17.5. The number of hydrogen-bond donors (Lipinski definition) is 2. The van der Waals surface area contributed by atoms with Crippen LogP contribution in [0, 0.1) is 0 Å².